The van der Waals surface area contributed by atoms with Gasteiger partial charge in [0, 0.05) is 17.9 Å². The molecule has 0 radical (unpaired) electrons. The van der Waals surface area contributed by atoms with Crippen molar-refractivity contribution in [3.63, 3.8) is 0 Å². The first-order chi connectivity index (χ1) is 9.36. The minimum atomic E-state index is -4.32. The van der Waals surface area contributed by atoms with Gasteiger partial charge < -0.3 is 5.32 Å². The molecule has 0 aliphatic heterocycles. The first kappa shape index (κ1) is 14.4. The number of rotatable bonds is 4. The van der Waals surface area contributed by atoms with Crippen LogP contribution in [-0.2, 0) is 12.7 Å². The molecule has 1 aromatic carbocycles. The lowest BCUT2D eigenvalue weighted by Crippen LogP contribution is -2.07. The Kier molecular flexibility index (Phi) is 4.01. The van der Waals surface area contributed by atoms with Gasteiger partial charge in [-0.15, -0.1) is 0 Å². The van der Waals surface area contributed by atoms with E-state index >= 15 is 0 Å². The molecule has 108 valence electrons. The van der Waals surface area contributed by atoms with Crippen molar-refractivity contribution in [3.8, 4) is 0 Å². The van der Waals surface area contributed by atoms with E-state index in [1.807, 2.05) is 30.8 Å². The van der Waals surface area contributed by atoms with Crippen molar-refractivity contribution >= 4 is 5.69 Å². The maximum Gasteiger partial charge on any atom is 0.416 e. The minimum absolute atomic E-state index is 0.261. The Hall–Kier alpha value is -1.98. The quantitative estimate of drug-likeness (QED) is 0.915. The van der Waals surface area contributed by atoms with Crippen LogP contribution in [0.4, 0.5) is 18.9 Å². The first-order valence-corrected chi connectivity index (χ1v) is 6.31. The summed E-state index contributed by atoms with van der Waals surface area (Å²) in [5.41, 5.74) is 0.560. The largest absolute Gasteiger partial charge is 0.416 e. The van der Waals surface area contributed by atoms with E-state index in [4.69, 9.17) is 0 Å². The third-order valence-electron chi connectivity index (χ3n) is 2.86. The normalized spacial score (nSPS) is 11.9. The molecule has 0 fully saturated rings. The Labute approximate surface area is 115 Å². The average Bonchev–Trinajstić information content (AvgIpc) is 2.85. The van der Waals surface area contributed by atoms with E-state index in [1.165, 1.54) is 6.07 Å². The molecule has 2 aromatic rings. The number of aromatic nitrogens is 2. The Morgan fingerprint density at radius 2 is 2.00 bits per heavy atom. The lowest BCUT2D eigenvalue weighted by molar-refractivity contribution is -0.137. The highest BCUT2D eigenvalue weighted by atomic mass is 19.4. The zero-order valence-electron chi connectivity index (χ0n) is 11.3. The molecule has 0 aliphatic rings. The van der Waals surface area contributed by atoms with E-state index in [2.05, 4.69) is 10.4 Å². The molecular formula is C14H16F3N3. The first-order valence-electron chi connectivity index (χ1n) is 6.31. The molecule has 0 amide bonds. The molecule has 0 aliphatic carbocycles. The molecule has 6 heteroatoms. The van der Waals surface area contributed by atoms with E-state index < -0.39 is 11.7 Å². The summed E-state index contributed by atoms with van der Waals surface area (Å²) >= 11 is 0. The Balaban J connectivity index is 2.03. The van der Waals surface area contributed by atoms with Crippen LogP contribution in [-0.4, -0.2) is 9.78 Å². The molecule has 0 bridgehead atoms. The zero-order valence-corrected chi connectivity index (χ0v) is 11.3. The van der Waals surface area contributed by atoms with Gasteiger partial charge in [0.15, 0.2) is 0 Å². The van der Waals surface area contributed by atoms with Crippen LogP contribution in [0.2, 0.25) is 0 Å². The van der Waals surface area contributed by atoms with Crippen molar-refractivity contribution in [1.29, 1.82) is 0 Å². The highest BCUT2D eigenvalue weighted by Crippen LogP contribution is 2.30. The van der Waals surface area contributed by atoms with Gasteiger partial charge >= 0.3 is 6.18 Å². The van der Waals surface area contributed by atoms with E-state index in [1.54, 1.807) is 6.07 Å². The summed E-state index contributed by atoms with van der Waals surface area (Å²) in [5, 5.41) is 7.28. The fourth-order valence-corrected chi connectivity index (χ4v) is 1.76. The summed E-state index contributed by atoms with van der Waals surface area (Å²) in [6.07, 6.45) is -2.47. The summed E-state index contributed by atoms with van der Waals surface area (Å²) in [4.78, 5) is 0. The van der Waals surface area contributed by atoms with Crippen LogP contribution in [0.25, 0.3) is 0 Å². The molecule has 3 nitrogen and oxygen atoms in total. The van der Waals surface area contributed by atoms with E-state index in [9.17, 15) is 13.2 Å². The second kappa shape index (κ2) is 5.56. The van der Waals surface area contributed by atoms with Crippen molar-refractivity contribution in [2.45, 2.75) is 32.6 Å². The van der Waals surface area contributed by atoms with Gasteiger partial charge in [0.1, 0.15) is 0 Å². The Bertz CT molecular complexity index is 573. The molecule has 0 atom stereocenters. The van der Waals surface area contributed by atoms with Gasteiger partial charge in [0.05, 0.1) is 17.8 Å². The fourth-order valence-electron chi connectivity index (χ4n) is 1.76. The highest BCUT2D eigenvalue weighted by Gasteiger charge is 2.30. The number of hydrogen-bond donors (Lipinski definition) is 1. The van der Waals surface area contributed by atoms with Crippen LogP contribution in [0.15, 0.2) is 36.5 Å². The number of anilines is 1. The third-order valence-corrected chi connectivity index (χ3v) is 2.86. The smallest absolute Gasteiger partial charge is 0.379 e. The van der Waals surface area contributed by atoms with Gasteiger partial charge in [-0.25, -0.2) is 0 Å². The molecule has 0 saturated heterocycles. The molecule has 2 rings (SSSR count). The van der Waals surface area contributed by atoms with Crippen LogP contribution >= 0.6 is 0 Å². The zero-order chi connectivity index (χ0) is 14.8. The molecule has 1 heterocycles. The topological polar surface area (TPSA) is 29.9 Å². The predicted octanol–water partition coefficient (Wildman–Crippen LogP) is 4.09. The Morgan fingerprint density at radius 3 is 2.60 bits per heavy atom. The summed E-state index contributed by atoms with van der Waals surface area (Å²) < 4.78 is 39.5. The maximum absolute atomic E-state index is 12.6. The minimum Gasteiger partial charge on any atom is -0.379 e. The number of halogens is 3. The van der Waals surface area contributed by atoms with E-state index in [0.29, 0.717) is 12.2 Å². The standard InChI is InChI=1S/C14H16F3N3/c1-10(2)20-7-6-13(19-20)9-18-12-5-3-4-11(8-12)14(15,16)17/h3-8,10,18H,9H2,1-2H3. The number of benzene rings is 1. The van der Waals surface area contributed by atoms with Gasteiger partial charge in [0.25, 0.3) is 0 Å². The highest BCUT2D eigenvalue weighted by molar-refractivity contribution is 5.46. The SMILES string of the molecule is CC(C)n1ccc(CNc2cccc(C(F)(F)F)c2)n1. The van der Waals surface area contributed by atoms with Crippen LogP contribution in [0, 0.1) is 0 Å². The lowest BCUT2D eigenvalue weighted by Gasteiger charge is -2.10. The van der Waals surface area contributed by atoms with Crippen molar-refractivity contribution < 1.29 is 13.2 Å². The fraction of sp³-hybridized carbons (Fsp3) is 0.357. The second-order valence-electron chi connectivity index (χ2n) is 4.81. The number of hydrogen-bond acceptors (Lipinski definition) is 2. The van der Waals surface area contributed by atoms with Gasteiger partial charge in [-0.3, -0.25) is 4.68 Å². The van der Waals surface area contributed by atoms with Crippen molar-refractivity contribution in [3.05, 3.63) is 47.8 Å². The molecule has 1 N–H and O–H groups in total. The maximum atomic E-state index is 12.6. The summed E-state index contributed by atoms with van der Waals surface area (Å²) in [7, 11) is 0. The average molecular weight is 283 g/mol. The molecule has 0 saturated carbocycles. The van der Waals surface area contributed by atoms with Gasteiger partial charge in [-0.2, -0.15) is 18.3 Å². The van der Waals surface area contributed by atoms with Gasteiger partial charge in [-0.05, 0) is 38.1 Å². The van der Waals surface area contributed by atoms with Crippen LogP contribution in [0.5, 0.6) is 0 Å². The second-order valence-corrected chi connectivity index (χ2v) is 4.81. The summed E-state index contributed by atoms with van der Waals surface area (Å²) in [6, 6.07) is 7.25. The van der Waals surface area contributed by atoms with E-state index in [-0.39, 0.29) is 6.04 Å². The van der Waals surface area contributed by atoms with Crippen LogP contribution < -0.4 is 5.32 Å². The summed E-state index contributed by atoms with van der Waals surface area (Å²) in [6.45, 7) is 4.41. The van der Waals surface area contributed by atoms with Crippen molar-refractivity contribution in [1.82, 2.24) is 9.78 Å². The number of nitrogens with zero attached hydrogens (tertiary/aromatic N) is 2. The molecule has 1 aromatic heterocycles. The molecule has 0 spiro atoms. The monoisotopic (exact) mass is 283 g/mol. The molecular weight excluding hydrogens is 267 g/mol. The lowest BCUT2D eigenvalue weighted by atomic mass is 10.2. The van der Waals surface area contributed by atoms with Crippen molar-refractivity contribution in [2.75, 3.05) is 5.32 Å². The number of alkyl halides is 3. The number of nitrogens with one attached hydrogen (secondary N) is 1. The van der Waals surface area contributed by atoms with Crippen molar-refractivity contribution in [2.24, 2.45) is 0 Å². The third kappa shape index (κ3) is 3.53. The predicted molar refractivity (Wildman–Crippen MR) is 71.4 cm³/mol. The van der Waals surface area contributed by atoms with E-state index in [0.717, 1.165) is 17.8 Å². The van der Waals surface area contributed by atoms with Gasteiger partial charge in [-0.1, -0.05) is 6.07 Å². The van der Waals surface area contributed by atoms with Crippen LogP contribution in [0.1, 0.15) is 31.1 Å². The Morgan fingerprint density at radius 1 is 1.25 bits per heavy atom. The molecule has 20 heavy (non-hydrogen) atoms. The summed E-state index contributed by atoms with van der Waals surface area (Å²) in [5.74, 6) is 0. The van der Waals surface area contributed by atoms with Crippen LogP contribution in [0.3, 0.4) is 0 Å². The molecule has 0 unspecified atom stereocenters. The van der Waals surface area contributed by atoms with Gasteiger partial charge in [0.2, 0.25) is 0 Å².